The van der Waals surface area contributed by atoms with E-state index in [4.69, 9.17) is 9.72 Å². The average Bonchev–Trinajstić information content (AvgIpc) is 3.58. The van der Waals surface area contributed by atoms with Crippen molar-refractivity contribution >= 4 is 27.6 Å². The molecule has 0 bridgehead atoms. The van der Waals surface area contributed by atoms with Crippen molar-refractivity contribution in [3.8, 4) is 67.3 Å². The zero-order valence-corrected chi connectivity index (χ0v) is 29.5. The van der Waals surface area contributed by atoms with Crippen LogP contribution < -0.4 is 4.74 Å². The highest BCUT2D eigenvalue weighted by molar-refractivity contribution is 6.10. The van der Waals surface area contributed by atoms with Crippen LogP contribution in [-0.2, 0) is 6.42 Å². The lowest BCUT2D eigenvalue weighted by molar-refractivity contribution is 0.505. The second-order valence-corrected chi connectivity index (χ2v) is 14.2. The summed E-state index contributed by atoms with van der Waals surface area (Å²) in [6.45, 7) is 0. The number of rotatable bonds is 5. The van der Waals surface area contributed by atoms with Crippen LogP contribution in [0.5, 0.6) is 5.75 Å². The van der Waals surface area contributed by atoms with E-state index in [9.17, 15) is 0 Å². The number of ether oxygens (including phenoxy) is 1. The summed E-state index contributed by atoms with van der Waals surface area (Å²) < 4.78 is 8.83. The largest absolute Gasteiger partial charge is 0.456 e. The Morgan fingerprint density at radius 2 is 1.13 bits per heavy atom. The van der Waals surface area contributed by atoms with Gasteiger partial charge in [0.15, 0.2) is 0 Å². The van der Waals surface area contributed by atoms with Crippen LogP contribution in [0.3, 0.4) is 0 Å². The minimum absolute atomic E-state index is 0.927. The van der Waals surface area contributed by atoms with Crippen LogP contribution in [0.1, 0.15) is 17.5 Å². The van der Waals surface area contributed by atoms with Gasteiger partial charge in [-0.3, -0.25) is 0 Å². The monoisotopic (exact) mass is 690 g/mol. The second-order valence-electron chi connectivity index (χ2n) is 14.2. The Labute approximate surface area is 314 Å². The van der Waals surface area contributed by atoms with Gasteiger partial charge in [0, 0.05) is 38.7 Å². The maximum Gasteiger partial charge on any atom is 0.135 e. The van der Waals surface area contributed by atoms with Crippen molar-refractivity contribution in [3.63, 3.8) is 0 Å². The highest BCUT2D eigenvalue weighted by atomic mass is 16.5. The molecule has 0 N–H and O–H groups in total. The minimum Gasteiger partial charge on any atom is -0.456 e. The molecule has 11 rings (SSSR count). The zero-order chi connectivity index (χ0) is 35.6. The lowest BCUT2D eigenvalue weighted by atomic mass is 9.86. The van der Waals surface area contributed by atoms with E-state index in [1.165, 1.54) is 55.2 Å². The number of hydrogen-bond acceptors (Lipinski definition) is 2. The van der Waals surface area contributed by atoms with E-state index in [2.05, 4.69) is 181 Å². The summed E-state index contributed by atoms with van der Waals surface area (Å²) in [6, 6.07) is 63.1. The molecular formula is C51H34N2O. The van der Waals surface area contributed by atoms with Crippen molar-refractivity contribution in [1.29, 1.82) is 0 Å². The first-order valence-corrected chi connectivity index (χ1v) is 18.7. The van der Waals surface area contributed by atoms with Crippen molar-refractivity contribution in [2.24, 2.45) is 0 Å². The fourth-order valence-electron chi connectivity index (χ4n) is 8.45. The van der Waals surface area contributed by atoms with Crippen LogP contribution >= 0.6 is 0 Å². The topological polar surface area (TPSA) is 27.1 Å². The highest BCUT2D eigenvalue weighted by Gasteiger charge is 2.26. The predicted octanol–water partition coefficient (Wildman–Crippen LogP) is 13.2. The number of allylic oxidation sites excluding steroid dienone is 1. The van der Waals surface area contributed by atoms with Gasteiger partial charge in [-0.25, -0.2) is 4.98 Å². The first-order chi connectivity index (χ1) is 26.7. The van der Waals surface area contributed by atoms with E-state index in [1.54, 1.807) is 0 Å². The molecule has 3 heteroatoms. The third kappa shape index (κ3) is 5.01. The fraction of sp³-hybridized carbons (Fsp3) is 0.0392. The van der Waals surface area contributed by atoms with Crippen LogP contribution in [-0.4, -0.2) is 9.55 Å². The lowest BCUT2D eigenvalue weighted by Crippen LogP contribution is -2.11. The van der Waals surface area contributed by atoms with Crippen LogP contribution in [0, 0.1) is 0 Å². The molecule has 7 aromatic carbocycles. The van der Waals surface area contributed by atoms with Crippen LogP contribution in [0.2, 0.25) is 0 Å². The smallest absolute Gasteiger partial charge is 0.135 e. The van der Waals surface area contributed by atoms with Gasteiger partial charge in [-0.05, 0) is 107 Å². The SMILES string of the molecule is C1=C2Oc3ccc(-c4ccc5c(c4)c4ccccc4n5-c4ccc(-c5cc(-c6ccccc6)cc(-c6ccccc6)n5)cc4)cc3-c3cccc(c32)CC1. The molecule has 0 fully saturated rings. The van der Waals surface area contributed by atoms with Crippen molar-refractivity contribution in [2.45, 2.75) is 12.8 Å². The van der Waals surface area contributed by atoms with Gasteiger partial charge < -0.3 is 9.30 Å². The molecular weight excluding hydrogens is 657 g/mol. The van der Waals surface area contributed by atoms with E-state index < -0.39 is 0 Å². The molecule has 9 aromatic rings. The normalized spacial score (nSPS) is 12.9. The summed E-state index contributed by atoms with van der Waals surface area (Å²) in [5.41, 5.74) is 17.3. The molecule has 2 aliphatic rings. The molecule has 54 heavy (non-hydrogen) atoms. The van der Waals surface area contributed by atoms with Crippen LogP contribution in [0.25, 0.3) is 89.1 Å². The molecule has 0 unspecified atom stereocenters. The number of hydrogen-bond donors (Lipinski definition) is 0. The molecule has 0 saturated carbocycles. The number of pyridine rings is 1. The molecule has 1 aliphatic carbocycles. The maximum absolute atomic E-state index is 6.45. The van der Waals surface area contributed by atoms with E-state index in [-0.39, 0.29) is 0 Å². The number of aromatic nitrogens is 2. The first-order valence-electron chi connectivity index (χ1n) is 18.7. The summed E-state index contributed by atoms with van der Waals surface area (Å²) in [6.07, 6.45) is 4.32. The molecule has 3 heterocycles. The second kappa shape index (κ2) is 12.3. The molecule has 0 amide bonds. The Hall–Kier alpha value is -6.97. The fourth-order valence-corrected chi connectivity index (χ4v) is 8.45. The van der Waals surface area contributed by atoms with Gasteiger partial charge in [0.2, 0.25) is 0 Å². The molecule has 0 saturated heterocycles. The van der Waals surface area contributed by atoms with Gasteiger partial charge in [-0.15, -0.1) is 0 Å². The van der Waals surface area contributed by atoms with Gasteiger partial charge in [-0.2, -0.15) is 0 Å². The van der Waals surface area contributed by atoms with Crippen molar-refractivity contribution in [3.05, 3.63) is 193 Å². The Bertz CT molecular complexity index is 2880. The third-order valence-electron chi connectivity index (χ3n) is 11.1. The first kappa shape index (κ1) is 30.6. The van der Waals surface area contributed by atoms with Crippen molar-refractivity contribution in [2.75, 3.05) is 0 Å². The van der Waals surface area contributed by atoms with Crippen molar-refractivity contribution < 1.29 is 4.74 Å². The maximum atomic E-state index is 6.45. The summed E-state index contributed by atoms with van der Waals surface area (Å²) in [7, 11) is 0. The summed E-state index contributed by atoms with van der Waals surface area (Å²) in [4.78, 5) is 5.17. The highest BCUT2D eigenvalue weighted by Crippen LogP contribution is 2.47. The molecule has 0 atom stereocenters. The van der Waals surface area contributed by atoms with E-state index in [0.29, 0.717) is 0 Å². The minimum atomic E-state index is 0.927. The molecule has 254 valence electrons. The molecule has 2 aromatic heterocycles. The number of aryl methyl sites for hydroxylation is 1. The van der Waals surface area contributed by atoms with E-state index >= 15 is 0 Å². The Balaban J connectivity index is 0.994. The van der Waals surface area contributed by atoms with Gasteiger partial charge >= 0.3 is 0 Å². The summed E-state index contributed by atoms with van der Waals surface area (Å²) in [5.74, 6) is 1.93. The summed E-state index contributed by atoms with van der Waals surface area (Å²) >= 11 is 0. The number of para-hydroxylation sites is 1. The zero-order valence-electron chi connectivity index (χ0n) is 29.5. The standard InChI is InChI=1S/C51H34N2O/c1-3-11-33(12-4-1)39-31-45(34-13-5-2-6-14-34)52-46(32-39)35-21-25-40(26-22-35)53-47-19-8-7-17-41(47)43-29-37(23-27-48(43)53)38-24-28-49-44(30-38)42-18-9-15-36-16-10-20-50(54-49)51(36)42/h1-9,11-15,17-32H,10,16H2. The molecule has 0 radical (unpaired) electrons. The Kier molecular flexibility index (Phi) is 6.99. The van der Waals surface area contributed by atoms with Gasteiger partial charge in [0.1, 0.15) is 11.5 Å². The number of benzene rings is 7. The molecule has 3 nitrogen and oxygen atoms in total. The van der Waals surface area contributed by atoms with Crippen molar-refractivity contribution in [1.82, 2.24) is 9.55 Å². The van der Waals surface area contributed by atoms with Gasteiger partial charge in [-0.1, -0.05) is 121 Å². The quantitative estimate of drug-likeness (QED) is 0.180. The van der Waals surface area contributed by atoms with E-state index in [0.717, 1.165) is 63.7 Å². The third-order valence-corrected chi connectivity index (χ3v) is 11.1. The number of nitrogens with zero attached hydrogens (tertiary/aromatic N) is 2. The predicted molar refractivity (Wildman–Crippen MR) is 223 cm³/mol. The molecule has 0 spiro atoms. The van der Waals surface area contributed by atoms with E-state index in [1.807, 2.05) is 6.07 Å². The Morgan fingerprint density at radius 1 is 0.463 bits per heavy atom. The summed E-state index contributed by atoms with van der Waals surface area (Å²) in [5, 5.41) is 2.46. The van der Waals surface area contributed by atoms with Crippen LogP contribution in [0.15, 0.2) is 182 Å². The van der Waals surface area contributed by atoms with Crippen LogP contribution in [0.4, 0.5) is 0 Å². The average molecular weight is 691 g/mol. The van der Waals surface area contributed by atoms with Gasteiger partial charge in [0.05, 0.1) is 22.4 Å². The Morgan fingerprint density at radius 3 is 1.94 bits per heavy atom. The lowest BCUT2D eigenvalue weighted by Gasteiger charge is -2.28. The molecule has 1 aliphatic heterocycles. The van der Waals surface area contributed by atoms with Gasteiger partial charge in [0.25, 0.3) is 0 Å². The number of fused-ring (bicyclic) bond motifs is 5.